The maximum absolute atomic E-state index is 13.4. The predicted molar refractivity (Wildman–Crippen MR) is 66.3 cm³/mol. The molecule has 0 saturated heterocycles. The van der Waals surface area contributed by atoms with Crippen molar-refractivity contribution in [3.63, 3.8) is 0 Å². The monoisotopic (exact) mass is 253 g/mol. The van der Waals surface area contributed by atoms with Crippen molar-refractivity contribution in [2.45, 2.75) is 20.3 Å². The molecule has 17 heavy (non-hydrogen) atoms. The molecular weight excluding hydrogens is 241 g/mol. The Morgan fingerprint density at radius 3 is 2.88 bits per heavy atom. The highest BCUT2D eigenvalue weighted by molar-refractivity contribution is 6.31. The largest absolute Gasteiger partial charge is 0.355 e. The van der Waals surface area contributed by atoms with E-state index in [2.05, 4.69) is 17.2 Å². The minimum absolute atomic E-state index is 0.0969. The normalized spacial score (nSPS) is 9.41. The molecule has 0 spiro atoms. The minimum Gasteiger partial charge on any atom is -0.355 e. The van der Waals surface area contributed by atoms with Gasteiger partial charge in [0.15, 0.2) is 0 Å². The van der Waals surface area contributed by atoms with Crippen molar-refractivity contribution in [3.8, 4) is 11.8 Å². The highest BCUT2D eigenvalue weighted by Gasteiger charge is 2.03. The molecule has 0 atom stereocenters. The molecule has 0 aromatic heterocycles. The summed E-state index contributed by atoms with van der Waals surface area (Å²) in [5.74, 6) is 5.00. The van der Waals surface area contributed by atoms with E-state index in [0.717, 1.165) is 5.56 Å². The summed E-state index contributed by atoms with van der Waals surface area (Å²) in [5, 5.41) is 3.01. The van der Waals surface area contributed by atoms with Crippen LogP contribution in [0.15, 0.2) is 12.1 Å². The first-order chi connectivity index (χ1) is 8.00. The van der Waals surface area contributed by atoms with Gasteiger partial charge in [0.1, 0.15) is 5.82 Å². The van der Waals surface area contributed by atoms with E-state index in [0.29, 0.717) is 23.6 Å². The van der Waals surface area contributed by atoms with Crippen molar-refractivity contribution < 1.29 is 9.18 Å². The van der Waals surface area contributed by atoms with Crippen LogP contribution in [0, 0.1) is 24.6 Å². The van der Waals surface area contributed by atoms with Crippen LogP contribution in [0.5, 0.6) is 0 Å². The lowest BCUT2D eigenvalue weighted by Gasteiger charge is -2.00. The van der Waals surface area contributed by atoms with Crippen LogP contribution in [0.3, 0.4) is 0 Å². The van der Waals surface area contributed by atoms with E-state index in [1.807, 2.05) is 0 Å². The second kappa shape index (κ2) is 6.27. The average Bonchev–Trinajstić information content (AvgIpc) is 2.24. The fraction of sp³-hybridized carbons (Fsp3) is 0.308. The average molecular weight is 254 g/mol. The second-order valence-corrected chi connectivity index (χ2v) is 4.02. The highest BCUT2D eigenvalue weighted by Crippen LogP contribution is 2.19. The summed E-state index contributed by atoms with van der Waals surface area (Å²) < 4.78 is 13.4. The lowest BCUT2D eigenvalue weighted by atomic mass is 10.1. The van der Waals surface area contributed by atoms with E-state index < -0.39 is 5.82 Å². The second-order valence-electron chi connectivity index (χ2n) is 3.62. The molecule has 1 aromatic rings. The first-order valence-electron chi connectivity index (χ1n) is 5.19. The van der Waals surface area contributed by atoms with E-state index in [4.69, 9.17) is 11.6 Å². The van der Waals surface area contributed by atoms with Crippen molar-refractivity contribution in [3.05, 3.63) is 34.1 Å². The number of halogens is 2. The molecule has 0 heterocycles. The van der Waals surface area contributed by atoms with E-state index in [1.54, 1.807) is 13.0 Å². The lowest BCUT2D eigenvalue weighted by Crippen LogP contribution is -2.20. The summed E-state index contributed by atoms with van der Waals surface area (Å²) in [4.78, 5) is 10.6. The Balaban J connectivity index is 2.66. The third-order valence-corrected chi connectivity index (χ3v) is 2.50. The number of hydrogen-bond acceptors (Lipinski definition) is 1. The molecule has 0 aliphatic carbocycles. The Labute approximate surface area is 105 Å². The summed E-state index contributed by atoms with van der Waals surface area (Å²) in [6.45, 7) is 3.70. The molecule has 0 unspecified atom stereocenters. The van der Waals surface area contributed by atoms with Crippen LogP contribution < -0.4 is 5.32 Å². The molecule has 0 aliphatic rings. The van der Waals surface area contributed by atoms with Gasteiger partial charge in [0.05, 0.1) is 5.56 Å². The fourth-order valence-corrected chi connectivity index (χ4v) is 1.36. The van der Waals surface area contributed by atoms with E-state index >= 15 is 0 Å². The van der Waals surface area contributed by atoms with Gasteiger partial charge < -0.3 is 5.32 Å². The SMILES string of the molecule is CC(=O)NCCC#Cc1cc(C)c(Cl)cc1F. The van der Waals surface area contributed by atoms with Crippen LogP contribution in [0.4, 0.5) is 4.39 Å². The smallest absolute Gasteiger partial charge is 0.216 e. The van der Waals surface area contributed by atoms with Gasteiger partial charge in [-0.05, 0) is 24.6 Å². The Hall–Kier alpha value is -1.53. The minimum atomic E-state index is -0.423. The number of amides is 1. The molecule has 0 aliphatic heterocycles. The van der Waals surface area contributed by atoms with E-state index in [-0.39, 0.29) is 5.91 Å². The van der Waals surface area contributed by atoms with Gasteiger partial charge in [-0.2, -0.15) is 0 Å². The molecule has 1 rings (SSSR count). The van der Waals surface area contributed by atoms with Crippen molar-refractivity contribution in [2.75, 3.05) is 6.54 Å². The highest BCUT2D eigenvalue weighted by atomic mass is 35.5. The molecule has 0 fully saturated rings. The lowest BCUT2D eigenvalue weighted by molar-refractivity contribution is -0.118. The van der Waals surface area contributed by atoms with Crippen LogP contribution in [0.25, 0.3) is 0 Å². The van der Waals surface area contributed by atoms with Crippen LogP contribution >= 0.6 is 11.6 Å². The molecule has 2 nitrogen and oxygen atoms in total. The number of benzene rings is 1. The topological polar surface area (TPSA) is 29.1 Å². The van der Waals surface area contributed by atoms with Crippen LogP contribution in [-0.2, 0) is 4.79 Å². The predicted octanol–water partition coefficient (Wildman–Crippen LogP) is 2.67. The zero-order valence-electron chi connectivity index (χ0n) is 9.73. The molecule has 1 N–H and O–H groups in total. The standard InChI is InChI=1S/C13H13ClFNO/c1-9-7-11(13(15)8-12(9)14)5-3-4-6-16-10(2)17/h7-8H,4,6H2,1-2H3,(H,16,17). The Kier molecular flexibility index (Phi) is 4.99. The van der Waals surface area contributed by atoms with E-state index in [1.165, 1.54) is 13.0 Å². The summed E-state index contributed by atoms with van der Waals surface area (Å²) in [5.41, 5.74) is 1.12. The van der Waals surface area contributed by atoms with Crippen molar-refractivity contribution in [2.24, 2.45) is 0 Å². The first kappa shape index (κ1) is 13.5. The number of carbonyl (C=O) groups is 1. The van der Waals surface area contributed by atoms with Gasteiger partial charge in [-0.25, -0.2) is 4.39 Å². The van der Waals surface area contributed by atoms with Gasteiger partial charge in [0.2, 0.25) is 5.91 Å². The maximum atomic E-state index is 13.4. The third-order valence-electron chi connectivity index (χ3n) is 2.10. The Morgan fingerprint density at radius 1 is 1.53 bits per heavy atom. The Bertz CT molecular complexity index is 488. The number of carbonyl (C=O) groups excluding carboxylic acids is 1. The van der Waals surface area contributed by atoms with Crippen LogP contribution in [0.2, 0.25) is 5.02 Å². The van der Waals surface area contributed by atoms with Gasteiger partial charge in [-0.1, -0.05) is 23.4 Å². The molecule has 0 radical (unpaired) electrons. The van der Waals surface area contributed by atoms with Crippen LogP contribution in [0.1, 0.15) is 24.5 Å². The van der Waals surface area contributed by atoms with Gasteiger partial charge >= 0.3 is 0 Å². The zero-order chi connectivity index (χ0) is 12.8. The molecule has 1 amide bonds. The molecule has 0 bridgehead atoms. The summed E-state index contributed by atoms with van der Waals surface area (Å²) in [6.07, 6.45) is 0.487. The number of aryl methyl sites for hydroxylation is 1. The third kappa shape index (κ3) is 4.46. The first-order valence-corrected chi connectivity index (χ1v) is 5.57. The summed E-state index contributed by atoms with van der Waals surface area (Å²) >= 11 is 5.77. The van der Waals surface area contributed by atoms with Crippen molar-refractivity contribution >= 4 is 17.5 Å². The van der Waals surface area contributed by atoms with Gasteiger partial charge in [-0.3, -0.25) is 4.79 Å². The van der Waals surface area contributed by atoms with Crippen LogP contribution in [-0.4, -0.2) is 12.5 Å². The van der Waals surface area contributed by atoms with Gasteiger partial charge in [-0.15, -0.1) is 0 Å². The summed E-state index contributed by atoms with van der Waals surface area (Å²) in [7, 11) is 0. The number of rotatable bonds is 2. The van der Waals surface area contributed by atoms with Gasteiger partial charge in [0.25, 0.3) is 0 Å². The zero-order valence-corrected chi connectivity index (χ0v) is 10.5. The number of nitrogens with one attached hydrogen (secondary N) is 1. The summed E-state index contributed by atoms with van der Waals surface area (Å²) in [6, 6.07) is 2.87. The molecule has 0 saturated carbocycles. The van der Waals surface area contributed by atoms with E-state index in [9.17, 15) is 9.18 Å². The quantitative estimate of drug-likeness (QED) is 0.637. The molecule has 90 valence electrons. The fourth-order valence-electron chi connectivity index (χ4n) is 1.21. The number of hydrogen-bond donors (Lipinski definition) is 1. The maximum Gasteiger partial charge on any atom is 0.216 e. The molecule has 1 aromatic carbocycles. The van der Waals surface area contributed by atoms with Crippen molar-refractivity contribution in [1.82, 2.24) is 5.32 Å². The molecule has 4 heteroatoms. The Morgan fingerprint density at radius 2 is 2.24 bits per heavy atom. The molecular formula is C13H13ClFNO. The van der Waals surface area contributed by atoms with Crippen molar-refractivity contribution in [1.29, 1.82) is 0 Å². The van der Waals surface area contributed by atoms with Gasteiger partial charge in [0, 0.05) is 24.9 Å².